The zero-order chi connectivity index (χ0) is 6.69. The molecule has 1 N–H and O–H groups in total. The minimum Gasteiger partial charge on any atom is -0.508 e. The molecule has 0 saturated heterocycles. The Hall–Kier alpha value is -0.700. The molecule has 0 radical (unpaired) electrons. The van der Waals surface area contributed by atoms with Crippen LogP contribution in [0.5, 0.6) is 11.5 Å². The fraction of sp³-hybridized carbons (Fsp3) is 0. The molecule has 0 heterocycles. The summed E-state index contributed by atoms with van der Waals surface area (Å²) in [6.07, 6.45) is 0. The van der Waals surface area contributed by atoms with Crippen molar-refractivity contribution in [2.45, 2.75) is 0 Å². The van der Waals surface area contributed by atoms with Crippen molar-refractivity contribution in [3.05, 3.63) is 24.3 Å². The first kappa shape index (κ1) is 6.42. The lowest BCUT2D eigenvalue weighted by Crippen LogP contribution is -1.71. The smallest absolute Gasteiger partial charge is 0.179 e. The maximum atomic E-state index is 8.84. The van der Waals surface area contributed by atoms with Crippen LogP contribution in [0.2, 0.25) is 0 Å². The van der Waals surface area contributed by atoms with Gasteiger partial charge in [-0.15, -0.1) is 0 Å². The maximum Gasteiger partial charge on any atom is 0.179 e. The van der Waals surface area contributed by atoms with Crippen LogP contribution in [0.3, 0.4) is 0 Å². The Morgan fingerprint density at radius 3 is 2.67 bits per heavy atom. The van der Waals surface area contributed by atoms with Gasteiger partial charge in [0, 0.05) is 6.07 Å². The highest BCUT2D eigenvalue weighted by atomic mass is 79.9. The van der Waals surface area contributed by atoms with E-state index in [9.17, 15) is 0 Å². The molecule has 2 nitrogen and oxygen atoms in total. The van der Waals surface area contributed by atoms with E-state index in [1.807, 2.05) is 0 Å². The third-order valence-corrected chi connectivity index (χ3v) is 1.28. The van der Waals surface area contributed by atoms with E-state index in [1.54, 1.807) is 18.2 Å². The molecular weight excluding hydrogens is 184 g/mol. The number of benzene rings is 1. The number of halogens is 1. The number of hydrogen-bond donors (Lipinski definition) is 1. The highest BCUT2D eigenvalue weighted by molar-refractivity contribution is 9.06. The second-order valence-corrected chi connectivity index (χ2v) is 1.90. The van der Waals surface area contributed by atoms with Gasteiger partial charge in [0.25, 0.3) is 0 Å². The number of hydrogen-bond acceptors (Lipinski definition) is 2. The van der Waals surface area contributed by atoms with Gasteiger partial charge in [0.1, 0.15) is 11.5 Å². The van der Waals surface area contributed by atoms with Crippen molar-refractivity contribution >= 4 is 16.3 Å². The minimum atomic E-state index is 0.201. The van der Waals surface area contributed by atoms with Crippen LogP contribution in [0.1, 0.15) is 0 Å². The molecule has 3 heteroatoms. The van der Waals surface area contributed by atoms with Gasteiger partial charge in [-0.3, -0.25) is 0 Å². The molecule has 48 valence electrons. The third kappa shape index (κ3) is 1.61. The average Bonchev–Trinajstić information content (AvgIpc) is 1.88. The molecule has 0 bridgehead atoms. The predicted molar refractivity (Wildman–Crippen MR) is 37.7 cm³/mol. The van der Waals surface area contributed by atoms with Crippen LogP contribution in [-0.2, 0) is 0 Å². The normalized spacial score (nSPS) is 9.00. The Morgan fingerprint density at radius 1 is 1.44 bits per heavy atom. The molecule has 0 spiro atoms. The molecule has 0 aromatic heterocycles. The second-order valence-electron chi connectivity index (χ2n) is 1.57. The second kappa shape index (κ2) is 2.73. The molecule has 0 saturated carbocycles. The molecule has 1 rings (SSSR count). The van der Waals surface area contributed by atoms with Gasteiger partial charge in [-0.05, 0) is 12.1 Å². The predicted octanol–water partition coefficient (Wildman–Crippen LogP) is 2.08. The van der Waals surface area contributed by atoms with Crippen LogP contribution in [0.15, 0.2) is 24.3 Å². The van der Waals surface area contributed by atoms with E-state index >= 15 is 0 Å². The molecule has 0 aliphatic heterocycles. The molecular formula is C6H5BrO2. The van der Waals surface area contributed by atoms with Gasteiger partial charge < -0.3 is 8.93 Å². The topological polar surface area (TPSA) is 29.5 Å². The van der Waals surface area contributed by atoms with E-state index in [0.717, 1.165) is 0 Å². The van der Waals surface area contributed by atoms with Gasteiger partial charge in [0.05, 0.1) is 0 Å². The largest absolute Gasteiger partial charge is 0.508 e. The maximum absolute atomic E-state index is 8.84. The zero-order valence-electron chi connectivity index (χ0n) is 4.54. The standard InChI is InChI=1S/C6H5BrO2/c7-9-6-3-1-2-5(8)4-6/h1-4,8H. The first-order valence-electron chi connectivity index (χ1n) is 2.40. The zero-order valence-corrected chi connectivity index (χ0v) is 6.13. The summed E-state index contributed by atoms with van der Waals surface area (Å²) in [5.41, 5.74) is 0. The lowest BCUT2D eigenvalue weighted by Gasteiger charge is -1.94. The molecule has 0 aliphatic rings. The van der Waals surface area contributed by atoms with Gasteiger partial charge in [0.15, 0.2) is 16.3 Å². The molecule has 9 heavy (non-hydrogen) atoms. The van der Waals surface area contributed by atoms with Crippen molar-refractivity contribution in [2.75, 3.05) is 0 Å². The van der Waals surface area contributed by atoms with E-state index in [2.05, 4.69) is 20.1 Å². The summed E-state index contributed by atoms with van der Waals surface area (Å²) in [5.74, 6) is 0.793. The Balaban J connectivity index is 2.94. The quantitative estimate of drug-likeness (QED) is 0.732. The van der Waals surface area contributed by atoms with Gasteiger partial charge >= 0.3 is 0 Å². The highest BCUT2D eigenvalue weighted by Crippen LogP contribution is 2.18. The van der Waals surface area contributed by atoms with Crippen LogP contribution < -0.4 is 3.83 Å². The van der Waals surface area contributed by atoms with Crippen molar-refractivity contribution in [2.24, 2.45) is 0 Å². The Bertz CT molecular complexity index is 200. The van der Waals surface area contributed by atoms with E-state index in [-0.39, 0.29) is 5.75 Å². The third-order valence-electron chi connectivity index (χ3n) is 0.907. The molecule has 0 atom stereocenters. The molecule has 0 aliphatic carbocycles. The fourth-order valence-electron chi connectivity index (χ4n) is 0.532. The SMILES string of the molecule is Oc1cccc(OBr)c1. The van der Waals surface area contributed by atoms with Crippen molar-refractivity contribution in [1.82, 2.24) is 0 Å². The van der Waals surface area contributed by atoms with Crippen LogP contribution in [0.25, 0.3) is 0 Å². The summed E-state index contributed by atoms with van der Waals surface area (Å²) >= 11 is 2.78. The van der Waals surface area contributed by atoms with Crippen LogP contribution >= 0.6 is 16.3 Å². The molecule has 0 fully saturated rings. The van der Waals surface area contributed by atoms with Crippen molar-refractivity contribution < 1.29 is 8.93 Å². The minimum absolute atomic E-state index is 0.201. The summed E-state index contributed by atoms with van der Waals surface area (Å²) in [5, 5.41) is 8.84. The lowest BCUT2D eigenvalue weighted by atomic mass is 10.3. The van der Waals surface area contributed by atoms with Crippen molar-refractivity contribution in [3.8, 4) is 11.5 Å². The summed E-state index contributed by atoms with van der Waals surface area (Å²) in [4.78, 5) is 0. The van der Waals surface area contributed by atoms with Crippen LogP contribution in [0, 0.1) is 0 Å². The highest BCUT2D eigenvalue weighted by Gasteiger charge is 1.90. The lowest BCUT2D eigenvalue weighted by molar-refractivity contribution is 0.472. The van der Waals surface area contributed by atoms with Crippen molar-refractivity contribution in [1.29, 1.82) is 0 Å². The van der Waals surface area contributed by atoms with E-state index in [0.29, 0.717) is 5.75 Å². The van der Waals surface area contributed by atoms with E-state index in [4.69, 9.17) is 5.11 Å². The van der Waals surface area contributed by atoms with Gasteiger partial charge in [-0.2, -0.15) is 0 Å². The van der Waals surface area contributed by atoms with Crippen molar-refractivity contribution in [3.63, 3.8) is 0 Å². The van der Waals surface area contributed by atoms with Gasteiger partial charge in [-0.1, -0.05) is 6.07 Å². The first-order valence-corrected chi connectivity index (χ1v) is 3.05. The van der Waals surface area contributed by atoms with Gasteiger partial charge in [-0.25, -0.2) is 0 Å². The summed E-state index contributed by atoms with van der Waals surface area (Å²) in [6.45, 7) is 0. The van der Waals surface area contributed by atoms with E-state index < -0.39 is 0 Å². The number of aromatic hydroxyl groups is 1. The van der Waals surface area contributed by atoms with Gasteiger partial charge in [0.2, 0.25) is 0 Å². The first-order chi connectivity index (χ1) is 4.33. The summed E-state index contributed by atoms with van der Waals surface area (Å²) in [6, 6.07) is 6.52. The molecule has 1 aromatic rings. The van der Waals surface area contributed by atoms with Crippen LogP contribution in [0.4, 0.5) is 0 Å². The monoisotopic (exact) mass is 188 g/mol. The Morgan fingerprint density at radius 2 is 2.22 bits per heavy atom. The Kier molecular flexibility index (Phi) is 1.95. The molecule has 0 amide bonds. The number of rotatable bonds is 1. The van der Waals surface area contributed by atoms with Crippen LogP contribution in [-0.4, -0.2) is 5.11 Å². The number of phenols is 1. The molecule has 0 unspecified atom stereocenters. The number of phenolic OH excluding ortho intramolecular Hbond substituents is 1. The molecule has 1 aromatic carbocycles. The van der Waals surface area contributed by atoms with E-state index in [1.165, 1.54) is 6.07 Å². The summed E-state index contributed by atoms with van der Waals surface area (Å²) in [7, 11) is 0. The average molecular weight is 189 g/mol. The fourth-order valence-corrected chi connectivity index (χ4v) is 0.733. The summed E-state index contributed by atoms with van der Waals surface area (Å²) < 4.78 is 4.65. The Labute approximate surface area is 61.5 Å².